The molecule has 0 aliphatic carbocycles. The van der Waals surface area contributed by atoms with Gasteiger partial charge in [0.1, 0.15) is 0 Å². The zero-order valence-electron chi connectivity index (χ0n) is 19.3. The highest BCUT2D eigenvalue weighted by Gasteiger charge is 2.32. The van der Waals surface area contributed by atoms with Gasteiger partial charge in [-0.05, 0) is 67.3 Å². The van der Waals surface area contributed by atoms with Crippen molar-refractivity contribution in [2.24, 2.45) is 5.92 Å². The first-order valence-electron chi connectivity index (χ1n) is 11.8. The number of carbonyl (C=O) groups excluding carboxylic acids is 2. The number of sulfonamides is 1. The van der Waals surface area contributed by atoms with Crippen LogP contribution in [0.15, 0.2) is 83.8 Å². The second-order valence-corrected chi connectivity index (χ2v) is 10.8. The molecule has 1 saturated heterocycles. The van der Waals surface area contributed by atoms with Crippen LogP contribution in [-0.2, 0) is 21.2 Å². The fourth-order valence-electron chi connectivity index (χ4n) is 4.75. The summed E-state index contributed by atoms with van der Waals surface area (Å²) in [4.78, 5) is 27.9. The number of benzene rings is 3. The molecule has 0 aromatic heterocycles. The quantitative estimate of drug-likeness (QED) is 0.588. The van der Waals surface area contributed by atoms with Crippen LogP contribution in [0.5, 0.6) is 0 Å². The Morgan fingerprint density at radius 1 is 0.800 bits per heavy atom. The van der Waals surface area contributed by atoms with Gasteiger partial charge in [-0.25, -0.2) is 8.42 Å². The predicted molar refractivity (Wildman–Crippen MR) is 135 cm³/mol. The molecular weight excluding hydrogens is 462 g/mol. The first-order chi connectivity index (χ1) is 16.9. The lowest BCUT2D eigenvalue weighted by molar-refractivity contribution is -0.120. The Morgan fingerprint density at radius 3 is 2.17 bits per heavy atom. The lowest BCUT2D eigenvalue weighted by Crippen LogP contribution is -2.41. The fraction of sp³-hybridized carbons (Fsp3) is 0.259. The van der Waals surface area contributed by atoms with E-state index in [1.165, 1.54) is 9.87 Å². The molecule has 3 aromatic carbocycles. The third kappa shape index (κ3) is 4.72. The fourth-order valence-corrected chi connectivity index (χ4v) is 6.24. The maximum atomic E-state index is 13.0. The van der Waals surface area contributed by atoms with Gasteiger partial charge in [0.25, 0.3) is 5.91 Å². The molecule has 7 nitrogen and oxygen atoms in total. The number of para-hydroxylation sites is 1. The number of amides is 2. The van der Waals surface area contributed by atoms with Crippen LogP contribution < -0.4 is 10.2 Å². The summed E-state index contributed by atoms with van der Waals surface area (Å²) >= 11 is 0. The Morgan fingerprint density at radius 2 is 1.46 bits per heavy atom. The summed E-state index contributed by atoms with van der Waals surface area (Å²) in [6, 6.07) is 23.2. The number of nitrogens with one attached hydrogen (secondary N) is 1. The number of fused-ring (bicyclic) bond motifs is 1. The van der Waals surface area contributed by atoms with Crippen molar-refractivity contribution in [2.75, 3.05) is 29.9 Å². The molecule has 0 unspecified atom stereocenters. The molecule has 35 heavy (non-hydrogen) atoms. The van der Waals surface area contributed by atoms with E-state index in [-0.39, 0.29) is 22.6 Å². The van der Waals surface area contributed by atoms with Crippen molar-refractivity contribution < 1.29 is 18.0 Å². The molecule has 5 rings (SSSR count). The molecule has 2 aliphatic rings. The highest BCUT2D eigenvalue weighted by atomic mass is 32.2. The molecule has 1 N–H and O–H groups in total. The average Bonchev–Trinajstić information content (AvgIpc) is 3.33. The summed E-state index contributed by atoms with van der Waals surface area (Å²) in [5, 5.41) is 2.92. The van der Waals surface area contributed by atoms with Gasteiger partial charge in [0.05, 0.1) is 4.90 Å². The van der Waals surface area contributed by atoms with Crippen LogP contribution in [0.3, 0.4) is 0 Å². The summed E-state index contributed by atoms with van der Waals surface area (Å²) < 4.78 is 27.0. The summed E-state index contributed by atoms with van der Waals surface area (Å²) in [6.45, 7) is 1.27. The monoisotopic (exact) mass is 489 g/mol. The van der Waals surface area contributed by atoms with Crippen LogP contribution in [0.4, 0.5) is 11.4 Å². The molecule has 180 valence electrons. The molecule has 0 radical (unpaired) electrons. The van der Waals surface area contributed by atoms with Crippen LogP contribution in [-0.4, -0.2) is 44.2 Å². The van der Waals surface area contributed by atoms with E-state index >= 15 is 0 Å². The maximum absolute atomic E-state index is 13.0. The molecule has 0 bridgehead atoms. The van der Waals surface area contributed by atoms with Gasteiger partial charge in [-0.1, -0.05) is 36.4 Å². The Hall–Kier alpha value is -3.49. The Bertz CT molecular complexity index is 1330. The van der Waals surface area contributed by atoms with Gasteiger partial charge in [0, 0.05) is 42.5 Å². The van der Waals surface area contributed by atoms with Gasteiger partial charge in [0.2, 0.25) is 15.9 Å². The lowest BCUT2D eigenvalue weighted by Gasteiger charge is -2.30. The van der Waals surface area contributed by atoms with Crippen LogP contribution in [0, 0.1) is 5.92 Å². The van der Waals surface area contributed by atoms with Crippen molar-refractivity contribution in [1.82, 2.24) is 4.31 Å². The topological polar surface area (TPSA) is 86.8 Å². The molecule has 1 fully saturated rings. The third-order valence-corrected chi connectivity index (χ3v) is 8.65. The smallest absolute Gasteiger partial charge is 0.258 e. The van der Waals surface area contributed by atoms with Crippen LogP contribution in [0.25, 0.3) is 0 Å². The van der Waals surface area contributed by atoms with Crippen LogP contribution >= 0.6 is 0 Å². The molecule has 2 heterocycles. The number of rotatable bonds is 5. The van der Waals surface area contributed by atoms with Crippen molar-refractivity contribution >= 4 is 33.2 Å². The summed E-state index contributed by atoms with van der Waals surface area (Å²) in [5.41, 5.74) is 3.31. The summed E-state index contributed by atoms with van der Waals surface area (Å²) in [6.07, 6.45) is 1.77. The molecule has 0 saturated carbocycles. The summed E-state index contributed by atoms with van der Waals surface area (Å²) in [7, 11) is -3.54. The van der Waals surface area contributed by atoms with E-state index in [4.69, 9.17) is 0 Å². The zero-order valence-corrected chi connectivity index (χ0v) is 20.1. The van der Waals surface area contributed by atoms with E-state index in [9.17, 15) is 18.0 Å². The number of hydrogen-bond acceptors (Lipinski definition) is 4. The van der Waals surface area contributed by atoms with Crippen LogP contribution in [0.2, 0.25) is 0 Å². The van der Waals surface area contributed by atoms with Gasteiger partial charge in [0.15, 0.2) is 0 Å². The minimum Gasteiger partial charge on any atom is -0.326 e. The minimum absolute atomic E-state index is 0.0557. The second-order valence-electron chi connectivity index (χ2n) is 8.89. The van der Waals surface area contributed by atoms with E-state index in [1.807, 2.05) is 24.3 Å². The first kappa shape index (κ1) is 23.3. The first-order valence-corrected chi connectivity index (χ1v) is 13.2. The van der Waals surface area contributed by atoms with Crippen LogP contribution in [0.1, 0.15) is 28.8 Å². The van der Waals surface area contributed by atoms with Gasteiger partial charge in [-0.2, -0.15) is 4.31 Å². The molecular formula is C27H27N3O4S. The van der Waals surface area contributed by atoms with Gasteiger partial charge >= 0.3 is 0 Å². The van der Waals surface area contributed by atoms with E-state index < -0.39 is 10.0 Å². The van der Waals surface area contributed by atoms with E-state index in [0.717, 1.165) is 12.1 Å². The van der Waals surface area contributed by atoms with E-state index in [2.05, 4.69) is 5.32 Å². The molecule has 0 atom stereocenters. The third-order valence-electron chi connectivity index (χ3n) is 6.74. The van der Waals surface area contributed by atoms with Crippen molar-refractivity contribution in [2.45, 2.75) is 24.2 Å². The highest BCUT2D eigenvalue weighted by molar-refractivity contribution is 7.89. The number of carbonyl (C=O) groups is 2. The van der Waals surface area contributed by atoms with Crippen molar-refractivity contribution in [1.29, 1.82) is 0 Å². The molecule has 0 spiro atoms. The van der Waals surface area contributed by atoms with E-state index in [0.29, 0.717) is 43.7 Å². The van der Waals surface area contributed by atoms with Crippen molar-refractivity contribution in [3.63, 3.8) is 0 Å². The number of piperidine rings is 1. The van der Waals surface area contributed by atoms with Crippen molar-refractivity contribution in [3.05, 3.63) is 90.0 Å². The number of anilines is 2. The molecule has 8 heteroatoms. The van der Waals surface area contributed by atoms with E-state index in [1.54, 1.807) is 59.5 Å². The zero-order chi connectivity index (χ0) is 24.4. The van der Waals surface area contributed by atoms with Gasteiger partial charge in [-0.3, -0.25) is 9.59 Å². The van der Waals surface area contributed by atoms with Crippen molar-refractivity contribution in [3.8, 4) is 0 Å². The maximum Gasteiger partial charge on any atom is 0.258 e. The standard InChI is InChI=1S/C27H27N3O4S/c31-26(21-14-17-29(18-15-21)35(33,34)24-7-2-1-3-8-24)28-23-12-10-22(11-13-23)27(32)30-19-16-20-6-4-5-9-25(20)30/h1-13,21H,14-19H2,(H,28,31). The summed E-state index contributed by atoms with van der Waals surface area (Å²) in [5.74, 6) is -0.450. The largest absolute Gasteiger partial charge is 0.326 e. The Labute approximate surface area is 205 Å². The van der Waals surface area contributed by atoms with Gasteiger partial charge < -0.3 is 10.2 Å². The molecule has 2 aliphatic heterocycles. The minimum atomic E-state index is -3.54. The number of hydrogen-bond donors (Lipinski definition) is 1. The average molecular weight is 490 g/mol. The second kappa shape index (κ2) is 9.64. The number of nitrogens with zero attached hydrogens (tertiary/aromatic N) is 2. The normalized spacial score (nSPS) is 16.6. The highest BCUT2D eigenvalue weighted by Crippen LogP contribution is 2.29. The molecule has 3 aromatic rings. The lowest BCUT2D eigenvalue weighted by atomic mass is 9.97. The Balaban J connectivity index is 1.17. The molecule has 2 amide bonds. The Kier molecular flexibility index (Phi) is 6.40. The van der Waals surface area contributed by atoms with Gasteiger partial charge in [-0.15, -0.1) is 0 Å². The SMILES string of the molecule is O=C(Nc1ccc(C(=O)N2CCc3ccccc32)cc1)C1CCN(S(=O)(=O)c2ccccc2)CC1. The predicted octanol–water partition coefficient (Wildman–Crippen LogP) is 3.93.